The van der Waals surface area contributed by atoms with Crippen LogP contribution in [0.3, 0.4) is 0 Å². The first kappa shape index (κ1) is 10.7. The number of hydrogen-bond acceptors (Lipinski definition) is 2. The molecule has 15 heavy (non-hydrogen) atoms. The third kappa shape index (κ3) is 2.83. The van der Waals surface area contributed by atoms with Crippen LogP contribution in [0.15, 0.2) is 18.5 Å². The topological polar surface area (TPSA) is 34.4 Å². The van der Waals surface area contributed by atoms with E-state index >= 15 is 0 Å². The van der Waals surface area contributed by atoms with E-state index in [9.17, 15) is 5.11 Å². The molecule has 0 aromatic carbocycles. The summed E-state index contributed by atoms with van der Waals surface area (Å²) in [6.45, 7) is 4.65. The highest BCUT2D eigenvalue weighted by Gasteiger charge is 2.14. The molecule has 1 atom stereocenters. The summed E-state index contributed by atoms with van der Waals surface area (Å²) >= 11 is 0. The molecule has 1 aliphatic heterocycles. The van der Waals surface area contributed by atoms with Crippen molar-refractivity contribution in [3.63, 3.8) is 0 Å². The Labute approximate surface area is 90.7 Å². The van der Waals surface area contributed by atoms with Crippen LogP contribution in [-0.2, 0) is 11.3 Å². The molecule has 2 rings (SSSR count). The SMILES string of the molecule is CC(O)c1ccn(CC2CCOCC2)c1. The van der Waals surface area contributed by atoms with E-state index in [1.165, 1.54) is 0 Å². The van der Waals surface area contributed by atoms with Crippen LogP contribution >= 0.6 is 0 Å². The van der Waals surface area contributed by atoms with Crippen LogP contribution in [0.5, 0.6) is 0 Å². The first-order chi connectivity index (χ1) is 7.25. The maximum Gasteiger partial charge on any atom is 0.0776 e. The minimum atomic E-state index is -0.360. The molecule has 2 heterocycles. The van der Waals surface area contributed by atoms with Crippen molar-refractivity contribution in [1.29, 1.82) is 0 Å². The van der Waals surface area contributed by atoms with Crippen molar-refractivity contribution in [2.24, 2.45) is 5.92 Å². The van der Waals surface area contributed by atoms with Gasteiger partial charge in [0.05, 0.1) is 6.10 Å². The Kier molecular flexibility index (Phi) is 3.44. The molecule has 0 aliphatic carbocycles. The van der Waals surface area contributed by atoms with E-state index in [-0.39, 0.29) is 6.10 Å². The lowest BCUT2D eigenvalue weighted by molar-refractivity contribution is 0.0612. The van der Waals surface area contributed by atoms with Gasteiger partial charge in [-0.15, -0.1) is 0 Å². The minimum Gasteiger partial charge on any atom is -0.389 e. The number of hydrogen-bond donors (Lipinski definition) is 1. The monoisotopic (exact) mass is 209 g/mol. The van der Waals surface area contributed by atoms with Gasteiger partial charge in [-0.05, 0) is 37.3 Å². The molecule has 1 N–H and O–H groups in total. The Morgan fingerprint density at radius 3 is 2.87 bits per heavy atom. The van der Waals surface area contributed by atoms with Gasteiger partial charge in [-0.2, -0.15) is 0 Å². The maximum atomic E-state index is 9.41. The second-order valence-corrected chi connectivity index (χ2v) is 4.37. The van der Waals surface area contributed by atoms with Crippen LogP contribution < -0.4 is 0 Å². The van der Waals surface area contributed by atoms with Gasteiger partial charge < -0.3 is 14.4 Å². The fourth-order valence-electron chi connectivity index (χ4n) is 2.05. The molecule has 3 heteroatoms. The first-order valence-electron chi connectivity index (χ1n) is 5.67. The number of aliphatic hydroxyl groups excluding tert-OH is 1. The molecule has 3 nitrogen and oxygen atoms in total. The smallest absolute Gasteiger partial charge is 0.0776 e. The van der Waals surface area contributed by atoms with E-state index in [1.807, 2.05) is 12.3 Å². The maximum absolute atomic E-state index is 9.41. The van der Waals surface area contributed by atoms with Crippen molar-refractivity contribution in [3.05, 3.63) is 24.0 Å². The molecule has 1 fully saturated rings. The summed E-state index contributed by atoms with van der Waals surface area (Å²) in [6.07, 6.45) is 6.04. The number of ether oxygens (including phenoxy) is 1. The molecule has 1 saturated heterocycles. The zero-order valence-electron chi connectivity index (χ0n) is 9.22. The molecule has 0 amide bonds. The summed E-state index contributed by atoms with van der Waals surface area (Å²) in [5.74, 6) is 0.730. The van der Waals surface area contributed by atoms with Crippen molar-refractivity contribution in [3.8, 4) is 0 Å². The zero-order chi connectivity index (χ0) is 10.7. The van der Waals surface area contributed by atoms with Crippen LogP contribution in [0, 0.1) is 5.92 Å². The molecule has 1 aliphatic rings. The van der Waals surface area contributed by atoms with Gasteiger partial charge in [0.2, 0.25) is 0 Å². The number of nitrogens with zero attached hydrogens (tertiary/aromatic N) is 1. The first-order valence-corrected chi connectivity index (χ1v) is 5.67. The molecule has 1 unspecified atom stereocenters. The van der Waals surface area contributed by atoms with Crippen LogP contribution in [-0.4, -0.2) is 22.9 Å². The Morgan fingerprint density at radius 2 is 2.27 bits per heavy atom. The summed E-state index contributed by atoms with van der Waals surface area (Å²) in [7, 11) is 0. The van der Waals surface area contributed by atoms with Gasteiger partial charge in [-0.1, -0.05) is 0 Å². The highest BCUT2D eigenvalue weighted by atomic mass is 16.5. The summed E-state index contributed by atoms with van der Waals surface area (Å²) in [5.41, 5.74) is 1.00. The number of aliphatic hydroxyl groups is 1. The lowest BCUT2D eigenvalue weighted by atomic mass is 10.0. The Hall–Kier alpha value is -0.800. The van der Waals surface area contributed by atoms with Crippen molar-refractivity contribution in [2.45, 2.75) is 32.4 Å². The summed E-state index contributed by atoms with van der Waals surface area (Å²) in [4.78, 5) is 0. The Morgan fingerprint density at radius 1 is 1.53 bits per heavy atom. The molecule has 0 saturated carbocycles. The van der Waals surface area contributed by atoms with Gasteiger partial charge in [0.25, 0.3) is 0 Å². The lowest BCUT2D eigenvalue weighted by Gasteiger charge is -2.22. The van der Waals surface area contributed by atoms with Crippen molar-refractivity contribution >= 4 is 0 Å². The lowest BCUT2D eigenvalue weighted by Crippen LogP contribution is -2.19. The predicted octanol–water partition coefficient (Wildman–Crippen LogP) is 1.97. The van der Waals surface area contributed by atoms with Crippen molar-refractivity contribution in [1.82, 2.24) is 4.57 Å². The van der Waals surface area contributed by atoms with Gasteiger partial charge in [-0.3, -0.25) is 0 Å². The van der Waals surface area contributed by atoms with Crippen LogP contribution in [0.2, 0.25) is 0 Å². The zero-order valence-corrected chi connectivity index (χ0v) is 9.22. The Balaban J connectivity index is 1.91. The third-order valence-corrected chi connectivity index (χ3v) is 3.07. The molecule has 1 aromatic heterocycles. The molecule has 0 bridgehead atoms. The molecular formula is C12H19NO2. The van der Waals surface area contributed by atoms with E-state index < -0.39 is 0 Å². The predicted molar refractivity (Wildman–Crippen MR) is 58.6 cm³/mol. The second-order valence-electron chi connectivity index (χ2n) is 4.37. The van der Waals surface area contributed by atoms with Crippen molar-refractivity contribution < 1.29 is 9.84 Å². The molecular weight excluding hydrogens is 190 g/mol. The van der Waals surface area contributed by atoms with E-state index in [4.69, 9.17) is 4.74 Å². The molecule has 0 spiro atoms. The van der Waals surface area contributed by atoms with E-state index in [0.29, 0.717) is 0 Å². The van der Waals surface area contributed by atoms with Gasteiger partial charge in [0.1, 0.15) is 0 Å². The molecule has 0 radical (unpaired) electrons. The summed E-state index contributed by atoms with van der Waals surface area (Å²) in [5, 5.41) is 9.41. The fourth-order valence-corrected chi connectivity index (χ4v) is 2.05. The largest absolute Gasteiger partial charge is 0.389 e. The molecule has 1 aromatic rings. The van der Waals surface area contributed by atoms with Gasteiger partial charge in [-0.25, -0.2) is 0 Å². The number of rotatable bonds is 3. The van der Waals surface area contributed by atoms with Gasteiger partial charge in [0.15, 0.2) is 0 Å². The Bertz CT molecular complexity index is 300. The summed E-state index contributed by atoms with van der Waals surface area (Å²) < 4.78 is 7.51. The van der Waals surface area contributed by atoms with Crippen LogP contribution in [0.1, 0.15) is 31.4 Å². The van der Waals surface area contributed by atoms with E-state index in [1.54, 1.807) is 6.92 Å². The minimum absolute atomic E-state index is 0.360. The quantitative estimate of drug-likeness (QED) is 0.826. The average molecular weight is 209 g/mol. The van der Waals surface area contributed by atoms with Crippen LogP contribution in [0.4, 0.5) is 0 Å². The normalized spacial score (nSPS) is 20.4. The third-order valence-electron chi connectivity index (χ3n) is 3.07. The van der Waals surface area contributed by atoms with Gasteiger partial charge in [0, 0.05) is 32.2 Å². The fraction of sp³-hybridized carbons (Fsp3) is 0.667. The standard InChI is InChI=1S/C12H19NO2/c1-10(14)12-2-5-13(9-12)8-11-3-6-15-7-4-11/h2,5,9-11,14H,3-4,6-8H2,1H3. The second kappa shape index (κ2) is 4.81. The van der Waals surface area contributed by atoms with Gasteiger partial charge >= 0.3 is 0 Å². The summed E-state index contributed by atoms with van der Waals surface area (Å²) in [6, 6.07) is 1.99. The highest BCUT2D eigenvalue weighted by molar-refractivity contribution is 5.12. The highest BCUT2D eigenvalue weighted by Crippen LogP contribution is 2.19. The van der Waals surface area contributed by atoms with Crippen LogP contribution in [0.25, 0.3) is 0 Å². The average Bonchev–Trinajstić information content (AvgIpc) is 2.68. The van der Waals surface area contributed by atoms with Crippen molar-refractivity contribution in [2.75, 3.05) is 13.2 Å². The number of aromatic nitrogens is 1. The van der Waals surface area contributed by atoms with E-state index in [0.717, 1.165) is 44.1 Å². The molecule has 84 valence electrons. The van der Waals surface area contributed by atoms with E-state index in [2.05, 4.69) is 10.8 Å².